The van der Waals surface area contributed by atoms with Gasteiger partial charge in [-0.2, -0.15) is 0 Å². The number of morpholine rings is 1. The third kappa shape index (κ3) is 3.19. The summed E-state index contributed by atoms with van der Waals surface area (Å²) in [5.74, 6) is 0.225. The van der Waals surface area contributed by atoms with Gasteiger partial charge in [0.15, 0.2) is 11.5 Å². The second-order valence-electron chi connectivity index (χ2n) is 4.28. The van der Waals surface area contributed by atoms with E-state index in [4.69, 9.17) is 9.47 Å². The Morgan fingerprint density at radius 3 is 3.05 bits per heavy atom. The molecule has 1 saturated heterocycles. The van der Waals surface area contributed by atoms with Crippen LogP contribution in [0.5, 0.6) is 11.5 Å². The first kappa shape index (κ1) is 14.1. The zero-order valence-corrected chi connectivity index (χ0v) is 12.2. The number of benzene rings is 1. The highest BCUT2D eigenvalue weighted by molar-refractivity contribution is 9.09. The van der Waals surface area contributed by atoms with E-state index < -0.39 is 0 Å². The lowest BCUT2D eigenvalue weighted by Gasteiger charge is -2.32. The van der Waals surface area contributed by atoms with Gasteiger partial charge in [-0.25, -0.2) is 0 Å². The highest BCUT2D eigenvalue weighted by Crippen LogP contribution is 2.27. The molecule has 1 amide bonds. The Morgan fingerprint density at radius 2 is 2.42 bits per heavy atom. The minimum Gasteiger partial charge on any atom is -0.504 e. The molecule has 6 heteroatoms. The smallest absolute Gasteiger partial charge is 0.254 e. The van der Waals surface area contributed by atoms with E-state index in [0.29, 0.717) is 36.3 Å². The molecular weight excluding hydrogens is 314 g/mol. The Balaban J connectivity index is 2.12. The van der Waals surface area contributed by atoms with Crippen molar-refractivity contribution in [3.8, 4) is 11.5 Å². The van der Waals surface area contributed by atoms with E-state index >= 15 is 0 Å². The lowest BCUT2D eigenvalue weighted by atomic mass is 10.1. The highest BCUT2D eigenvalue weighted by atomic mass is 79.9. The predicted octanol–water partition coefficient (Wildman–Crippen LogP) is 1.64. The molecule has 0 bridgehead atoms. The maximum Gasteiger partial charge on any atom is 0.254 e. The topological polar surface area (TPSA) is 59.0 Å². The number of phenols is 1. The predicted molar refractivity (Wildman–Crippen MR) is 74.1 cm³/mol. The van der Waals surface area contributed by atoms with Crippen molar-refractivity contribution in [2.75, 3.05) is 32.1 Å². The number of alkyl halides is 1. The average Bonchev–Trinajstić information content (AvgIpc) is 2.46. The number of hydrogen-bond donors (Lipinski definition) is 1. The maximum absolute atomic E-state index is 12.3. The largest absolute Gasteiger partial charge is 0.504 e. The first-order chi connectivity index (χ1) is 9.15. The summed E-state index contributed by atoms with van der Waals surface area (Å²) in [4.78, 5) is 14.0. The van der Waals surface area contributed by atoms with Gasteiger partial charge in [-0.15, -0.1) is 0 Å². The van der Waals surface area contributed by atoms with Gasteiger partial charge in [-0.1, -0.05) is 15.9 Å². The molecule has 1 aliphatic rings. The van der Waals surface area contributed by atoms with Crippen LogP contribution in [0.2, 0.25) is 0 Å². The third-order valence-electron chi connectivity index (χ3n) is 3.02. The van der Waals surface area contributed by atoms with Gasteiger partial charge in [0, 0.05) is 24.0 Å². The molecule has 0 radical (unpaired) electrons. The standard InChI is InChI=1S/C13H16BrNO4/c1-18-12-3-2-9(6-11(12)16)13(17)15-4-5-19-10(7-14)8-15/h2-3,6,10,16H,4-5,7-8H2,1H3. The van der Waals surface area contributed by atoms with Gasteiger partial charge in [0.25, 0.3) is 5.91 Å². The Bertz CT molecular complexity index is 466. The first-order valence-electron chi connectivity index (χ1n) is 5.99. The molecular formula is C13H16BrNO4. The van der Waals surface area contributed by atoms with Crippen molar-refractivity contribution in [2.45, 2.75) is 6.10 Å². The molecule has 1 aliphatic heterocycles. The van der Waals surface area contributed by atoms with Crippen LogP contribution in [-0.4, -0.2) is 54.2 Å². The van der Waals surface area contributed by atoms with E-state index in [2.05, 4.69) is 15.9 Å². The first-order valence-corrected chi connectivity index (χ1v) is 7.11. The summed E-state index contributed by atoms with van der Waals surface area (Å²) in [5, 5.41) is 10.4. The van der Waals surface area contributed by atoms with Crippen LogP contribution in [-0.2, 0) is 4.74 Å². The summed E-state index contributed by atoms with van der Waals surface area (Å²) in [6.45, 7) is 1.65. The summed E-state index contributed by atoms with van der Waals surface area (Å²) < 4.78 is 10.5. The molecule has 1 aromatic rings. The van der Waals surface area contributed by atoms with Gasteiger partial charge in [0.05, 0.1) is 19.8 Å². The van der Waals surface area contributed by atoms with Gasteiger partial charge in [0.1, 0.15) is 0 Å². The summed E-state index contributed by atoms with van der Waals surface area (Å²) >= 11 is 3.35. The Hall–Kier alpha value is -1.27. The van der Waals surface area contributed by atoms with E-state index in [1.165, 1.54) is 13.2 Å². The monoisotopic (exact) mass is 329 g/mol. The maximum atomic E-state index is 12.3. The van der Waals surface area contributed by atoms with Crippen molar-refractivity contribution in [2.24, 2.45) is 0 Å². The zero-order valence-electron chi connectivity index (χ0n) is 10.6. The zero-order chi connectivity index (χ0) is 13.8. The number of rotatable bonds is 3. The molecule has 19 heavy (non-hydrogen) atoms. The number of aromatic hydroxyl groups is 1. The van der Waals surface area contributed by atoms with Crippen molar-refractivity contribution in [1.82, 2.24) is 4.90 Å². The number of carbonyl (C=O) groups is 1. The van der Waals surface area contributed by atoms with Crippen LogP contribution >= 0.6 is 15.9 Å². The second-order valence-corrected chi connectivity index (χ2v) is 4.93. The number of amides is 1. The van der Waals surface area contributed by atoms with Crippen molar-refractivity contribution in [3.63, 3.8) is 0 Å². The van der Waals surface area contributed by atoms with Crippen molar-refractivity contribution in [3.05, 3.63) is 23.8 Å². The molecule has 1 atom stereocenters. The van der Waals surface area contributed by atoms with Crippen LogP contribution < -0.4 is 4.74 Å². The van der Waals surface area contributed by atoms with Crippen LogP contribution in [0.1, 0.15) is 10.4 Å². The van der Waals surface area contributed by atoms with Crippen LogP contribution in [0.4, 0.5) is 0 Å². The van der Waals surface area contributed by atoms with Gasteiger partial charge in [-0.05, 0) is 18.2 Å². The molecule has 1 N–H and O–H groups in total. The molecule has 0 spiro atoms. The lowest BCUT2D eigenvalue weighted by molar-refractivity contribution is -0.00966. The normalized spacial score (nSPS) is 19.3. The van der Waals surface area contributed by atoms with E-state index in [-0.39, 0.29) is 17.8 Å². The number of carbonyl (C=O) groups excluding carboxylic acids is 1. The molecule has 1 unspecified atom stereocenters. The fourth-order valence-electron chi connectivity index (χ4n) is 2.00. The minimum atomic E-state index is -0.104. The Kier molecular flexibility index (Phi) is 4.66. The van der Waals surface area contributed by atoms with Crippen LogP contribution in [0, 0.1) is 0 Å². The number of methoxy groups -OCH3 is 1. The van der Waals surface area contributed by atoms with Gasteiger partial charge in [-0.3, -0.25) is 4.79 Å². The van der Waals surface area contributed by atoms with E-state index in [1.807, 2.05) is 0 Å². The molecule has 0 saturated carbocycles. The van der Waals surface area contributed by atoms with Crippen molar-refractivity contribution < 1.29 is 19.4 Å². The summed E-state index contributed by atoms with van der Waals surface area (Å²) in [6.07, 6.45) is 0.0181. The van der Waals surface area contributed by atoms with E-state index in [9.17, 15) is 9.90 Å². The molecule has 1 heterocycles. The van der Waals surface area contributed by atoms with Gasteiger partial charge in [0.2, 0.25) is 0 Å². The second kappa shape index (κ2) is 6.25. The van der Waals surface area contributed by atoms with E-state index in [0.717, 1.165) is 0 Å². The molecule has 5 nitrogen and oxygen atoms in total. The highest BCUT2D eigenvalue weighted by Gasteiger charge is 2.24. The fraction of sp³-hybridized carbons (Fsp3) is 0.462. The van der Waals surface area contributed by atoms with Gasteiger partial charge >= 0.3 is 0 Å². The third-order valence-corrected chi connectivity index (χ3v) is 3.75. The Morgan fingerprint density at radius 1 is 1.63 bits per heavy atom. The number of phenolic OH excluding ortho intramolecular Hbond substituents is 1. The summed E-state index contributed by atoms with van der Waals surface area (Å²) in [6, 6.07) is 4.67. The SMILES string of the molecule is COc1ccc(C(=O)N2CCOC(CBr)C2)cc1O. The average molecular weight is 330 g/mol. The number of ether oxygens (including phenoxy) is 2. The quantitative estimate of drug-likeness (QED) is 0.856. The molecule has 2 rings (SSSR count). The molecule has 104 valence electrons. The molecule has 0 aromatic heterocycles. The van der Waals surface area contributed by atoms with E-state index in [1.54, 1.807) is 17.0 Å². The molecule has 1 fully saturated rings. The number of nitrogens with zero attached hydrogens (tertiary/aromatic N) is 1. The van der Waals surface area contributed by atoms with Crippen LogP contribution in [0.3, 0.4) is 0 Å². The summed E-state index contributed by atoms with van der Waals surface area (Å²) in [5.41, 5.74) is 0.452. The number of hydrogen-bond acceptors (Lipinski definition) is 4. The van der Waals surface area contributed by atoms with Crippen LogP contribution in [0.25, 0.3) is 0 Å². The minimum absolute atomic E-state index is 0.0181. The van der Waals surface area contributed by atoms with Gasteiger partial charge < -0.3 is 19.5 Å². The fourth-order valence-corrected chi connectivity index (χ4v) is 2.39. The Labute approximate surface area is 120 Å². The van der Waals surface area contributed by atoms with Crippen molar-refractivity contribution in [1.29, 1.82) is 0 Å². The number of halogens is 1. The van der Waals surface area contributed by atoms with Crippen molar-refractivity contribution >= 4 is 21.8 Å². The lowest BCUT2D eigenvalue weighted by Crippen LogP contribution is -2.46. The summed E-state index contributed by atoms with van der Waals surface area (Å²) in [7, 11) is 1.47. The molecule has 1 aromatic carbocycles. The molecule has 0 aliphatic carbocycles. The van der Waals surface area contributed by atoms with Crippen LogP contribution in [0.15, 0.2) is 18.2 Å².